The van der Waals surface area contributed by atoms with E-state index in [-0.39, 0.29) is 6.04 Å². The average molecular weight is 743 g/mol. The third-order valence-electron chi connectivity index (χ3n) is 15.4. The Morgan fingerprint density at radius 3 is 2.70 bits per heavy atom. The van der Waals surface area contributed by atoms with E-state index in [1.54, 1.807) is 6.20 Å². The van der Waals surface area contributed by atoms with Crippen molar-refractivity contribution in [1.82, 2.24) is 19.9 Å². The zero-order valence-corrected chi connectivity index (χ0v) is 33.0. The van der Waals surface area contributed by atoms with Crippen molar-refractivity contribution >= 4 is 26.6 Å². The fourth-order valence-electron chi connectivity index (χ4n) is 12.3. The quantitative estimate of drug-likeness (QED) is 0.178. The van der Waals surface area contributed by atoms with Crippen LogP contribution in [0.15, 0.2) is 30.6 Å². The van der Waals surface area contributed by atoms with Gasteiger partial charge in [0.2, 0.25) is 0 Å². The van der Waals surface area contributed by atoms with Gasteiger partial charge >= 0.3 is 0 Å². The van der Waals surface area contributed by atoms with Crippen LogP contribution in [0.4, 0.5) is 5.82 Å². The molecule has 5 saturated carbocycles. The Balaban J connectivity index is 0.801. The Labute approximate surface area is 317 Å². The van der Waals surface area contributed by atoms with Crippen molar-refractivity contribution in [3.05, 3.63) is 36.3 Å². The number of hydrogen-bond donors (Lipinski definition) is 2. The van der Waals surface area contributed by atoms with Crippen LogP contribution in [0, 0.1) is 39.8 Å². The Kier molecular flexibility index (Phi) is 9.88. The van der Waals surface area contributed by atoms with Crippen LogP contribution in [0.5, 0.6) is 0 Å². The lowest BCUT2D eigenvalue weighted by Gasteiger charge is -2.58. The molecule has 1 aliphatic heterocycles. The minimum Gasteiger partial charge on any atom is -0.378 e. The van der Waals surface area contributed by atoms with E-state index in [2.05, 4.69) is 28.7 Å². The first-order chi connectivity index (χ1) is 25.8. The van der Waals surface area contributed by atoms with Crippen molar-refractivity contribution in [2.24, 2.45) is 35.0 Å². The van der Waals surface area contributed by atoms with Crippen LogP contribution in [-0.2, 0) is 23.9 Å². The van der Waals surface area contributed by atoms with E-state index < -0.39 is 14.5 Å². The molecule has 10 heteroatoms. The summed E-state index contributed by atoms with van der Waals surface area (Å²) in [6.45, 7) is 7.70. The lowest BCUT2D eigenvalue weighted by molar-refractivity contribution is -0.0979. The summed E-state index contributed by atoms with van der Waals surface area (Å²) in [4.78, 5) is 20.1. The Hall–Kier alpha value is -2.56. The normalized spacial score (nSPS) is 34.6. The number of unbranched alkanes of at least 4 members (excludes halogenated alkanes) is 3. The third-order valence-corrected chi connectivity index (χ3v) is 18.1. The summed E-state index contributed by atoms with van der Waals surface area (Å²) < 4.78 is 35.4. The van der Waals surface area contributed by atoms with Gasteiger partial charge in [0.25, 0.3) is 0 Å². The highest BCUT2D eigenvalue weighted by Crippen LogP contribution is 2.63. The van der Waals surface area contributed by atoms with Gasteiger partial charge in [-0.25, -0.2) is 19.2 Å². The maximum absolute atomic E-state index is 14.4. The van der Waals surface area contributed by atoms with Crippen molar-refractivity contribution in [2.45, 2.75) is 133 Å². The maximum Gasteiger partial charge on any atom is 0.162 e. The number of aromatic nitrogens is 4. The highest BCUT2D eigenvalue weighted by molar-refractivity contribution is 7.93. The van der Waals surface area contributed by atoms with Gasteiger partial charge < -0.3 is 19.4 Å². The van der Waals surface area contributed by atoms with Gasteiger partial charge in [-0.15, -0.1) is 0 Å². The SMILES string of the molecule is C[C@@H]1COCCN1c1cc(C2(S(=N)(=O)CCCCCCO[C@H]3CC[C@@H]4C3CC[C@H]3[C@H]4CC[C@H]4CCCC[C@@]43C)CC2)nc(-c2ccnc3[nH]ccc23)n1. The highest BCUT2D eigenvalue weighted by Gasteiger charge is 2.56. The van der Waals surface area contributed by atoms with Gasteiger partial charge in [-0.3, -0.25) is 4.78 Å². The number of rotatable bonds is 12. The molecule has 0 spiro atoms. The van der Waals surface area contributed by atoms with Crippen LogP contribution in [0.2, 0.25) is 0 Å². The zero-order chi connectivity index (χ0) is 36.2. The van der Waals surface area contributed by atoms with Gasteiger partial charge in [0.1, 0.15) is 11.5 Å². The van der Waals surface area contributed by atoms with Crippen molar-refractivity contribution in [3.8, 4) is 11.4 Å². The number of fused-ring (bicyclic) bond motifs is 6. The molecule has 5 aliphatic carbocycles. The maximum atomic E-state index is 14.4. The summed E-state index contributed by atoms with van der Waals surface area (Å²) in [5, 5.41) is 0.960. The van der Waals surface area contributed by atoms with E-state index >= 15 is 0 Å². The van der Waals surface area contributed by atoms with E-state index in [4.69, 9.17) is 19.4 Å². The molecule has 6 aliphatic rings. The summed E-state index contributed by atoms with van der Waals surface area (Å²) >= 11 is 0. The van der Waals surface area contributed by atoms with Crippen molar-refractivity contribution < 1.29 is 13.7 Å². The molecule has 288 valence electrons. The predicted octanol–water partition coefficient (Wildman–Crippen LogP) is 9.27. The number of morpholine rings is 1. The number of anilines is 1. The van der Waals surface area contributed by atoms with E-state index in [0.29, 0.717) is 36.3 Å². The van der Waals surface area contributed by atoms with Gasteiger partial charge in [-0.2, -0.15) is 0 Å². The molecule has 53 heavy (non-hydrogen) atoms. The topological polar surface area (TPSA) is 117 Å². The molecule has 9 atom stereocenters. The summed E-state index contributed by atoms with van der Waals surface area (Å²) in [5.74, 6) is 6.45. The van der Waals surface area contributed by atoms with Gasteiger partial charge in [-0.1, -0.05) is 32.6 Å². The van der Waals surface area contributed by atoms with E-state index in [1.807, 2.05) is 24.4 Å². The van der Waals surface area contributed by atoms with Crippen LogP contribution in [0.25, 0.3) is 22.4 Å². The Bertz CT molecular complexity index is 1880. The van der Waals surface area contributed by atoms with Crippen LogP contribution < -0.4 is 4.90 Å². The fourth-order valence-corrected chi connectivity index (χ4v) is 14.5. The molecule has 1 saturated heterocycles. The zero-order valence-electron chi connectivity index (χ0n) is 32.2. The molecule has 9 nitrogen and oxygen atoms in total. The number of nitrogens with one attached hydrogen (secondary N) is 2. The number of nitrogens with zero attached hydrogens (tertiary/aromatic N) is 4. The molecule has 2 N–H and O–H groups in total. The minimum absolute atomic E-state index is 0.165. The summed E-state index contributed by atoms with van der Waals surface area (Å²) in [6.07, 6.45) is 23.8. The molecular formula is C43H62N6O3S. The standard InChI is InChI=1S/C43H62N6O3S/c1-29-28-51-25-23-49(29)39-27-38(47-41(48-39)35-17-22-46-40-34(35)16-21-45-40)43(19-20-43)53(44,50)26-8-4-3-7-24-52-37-15-13-31-32-11-10-30-9-5-6-18-42(30,2)36(32)14-12-33(31)37/h16-17,21-22,27,29-33,36-37,44H,3-15,18-20,23-26,28H2,1-2H3,(H,45,46)/t29-,30-,31+,32+,33?,36+,37+,42+,53?/m1/s1. The van der Waals surface area contributed by atoms with Gasteiger partial charge in [0.15, 0.2) is 5.82 Å². The van der Waals surface area contributed by atoms with Crippen LogP contribution in [0.3, 0.4) is 0 Å². The second-order valence-corrected chi connectivity index (χ2v) is 20.7. The Morgan fingerprint density at radius 1 is 0.981 bits per heavy atom. The molecule has 2 unspecified atom stereocenters. The monoisotopic (exact) mass is 742 g/mol. The van der Waals surface area contributed by atoms with Crippen LogP contribution in [-0.4, -0.2) is 68.4 Å². The summed E-state index contributed by atoms with van der Waals surface area (Å²) in [7, 11) is -2.92. The molecule has 0 amide bonds. The summed E-state index contributed by atoms with van der Waals surface area (Å²) in [6, 6.07) is 6.16. The van der Waals surface area contributed by atoms with Crippen LogP contribution in [0.1, 0.15) is 122 Å². The Morgan fingerprint density at radius 2 is 1.83 bits per heavy atom. The second-order valence-electron chi connectivity index (χ2n) is 18.1. The molecule has 0 radical (unpaired) electrons. The fraction of sp³-hybridized carbons (Fsp3) is 0.744. The molecule has 9 rings (SSSR count). The molecule has 0 aromatic carbocycles. The van der Waals surface area contributed by atoms with Gasteiger partial charge in [0.05, 0.1) is 45.5 Å². The van der Waals surface area contributed by atoms with Crippen molar-refractivity contribution in [3.63, 3.8) is 0 Å². The predicted molar refractivity (Wildman–Crippen MR) is 211 cm³/mol. The first kappa shape index (κ1) is 36.1. The first-order valence-corrected chi connectivity index (χ1v) is 23.0. The number of ether oxygens (including phenoxy) is 2. The number of hydrogen-bond acceptors (Lipinski definition) is 8. The van der Waals surface area contributed by atoms with Gasteiger partial charge in [-0.05, 0) is 131 Å². The lowest BCUT2D eigenvalue weighted by Crippen LogP contribution is -2.50. The molecular weight excluding hydrogens is 681 g/mol. The lowest BCUT2D eigenvalue weighted by atomic mass is 9.47. The second kappa shape index (κ2) is 14.5. The van der Waals surface area contributed by atoms with E-state index in [9.17, 15) is 8.99 Å². The molecule has 6 fully saturated rings. The smallest absolute Gasteiger partial charge is 0.162 e. The van der Waals surface area contributed by atoms with E-state index in [0.717, 1.165) is 109 Å². The molecule has 0 bridgehead atoms. The largest absolute Gasteiger partial charge is 0.378 e. The number of aromatic amines is 1. The molecule has 3 aromatic heterocycles. The van der Waals surface area contributed by atoms with Crippen molar-refractivity contribution in [2.75, 3.05) is 37.0 Å². The highest BCUT2D eigenvalue weighted by atomic mass is 32.2. The minimum atomic E-state index is -2.92. The molecule has 3 aromatic rings. The third kappa shape index (κ3) is 6.54. The first-order valence-electron chi connectivity index (χ1n) is 21.3. The molecule has 4 heterocycles. The van der Waals surface area contributed by atoms with E-state index in [1.165, 1.54) is 64.2 Å². The van der Waals surface area contributed by atoms with Gasteiger partial charge in [0, 0.05) is 48.3 Å². The summed E-state index contributed by atoms with van der Waals surface area (Å²) in [5.41, 5.74) is 3.07. The van der Waals surface area contributed by atoms with Crippen LogP contribution >= 0.6 is 0 Å². The average Bonchev–Trinajstić information content (AvgIpc) is 3.69. The number of H-pyrrole nitrogens is 1. The van der Waals surface area contributed by atoms with Crippen molar-refractivity contribution in [1.29, 1.82) is 4.78 Å². The number of pyridine rings is 1.